The Kier molecular flexibility index (Phi) is 2.45. The fraction of sp³-hybridized carbons (Fsp3) is 0. The Balaban J connectivity index is 2.75. The zero-order chi connectivity index (χ0) is 10.7. The van der Waals surface area contributed by atoms with E-state index in [1.165, 1.54) is 11.3 Å². The molecule has 1 radical (unpaired) electrons. The lowest BCUT2D eigenvalue weighted by molar-refractivity contribution is 1.40. The first-order chi connectivity index (χ1) is 7.36. The van der Waals surface area contributed by atoms with Gasteiger partial charge in [0, 0.05) is 11.8 Å². The first kappa shape index (κ1) is 9.39. The van der Waals surface area contributed by atoms with Gasteiger partial charge in [-0.05, 0) is 12.1 Å². The second-order valence-electron chi connectivity index (χ2n) is 2.77. The highest BCUT2D eigenvalue weighted by Gasteiger charge is 2.11. The van der Waals surface area contributed by atoms with Crippen LogP contribution in [0.3, 0.4) is 0 Å². The number of nitrogens with zero attached hydrogens (tertiary/aromatic N) is 3. The Labute approximate surface area is 90.9 Å². The Hall–Kier alpha value is -2.17. The van der Waals surface area contributed by atoms with Crippen molar-refractivity contribution in [3.05, 3.63) is 41.0 Å². The van der Waals surface area contributed by atoms with Crippen LogP contribution >= 0.6 is 11.3 Å². The van der Waals surface area contributed by atoms with Crippen molar-refractivity contribution in [2.75, 3.05) is 0 Å². The molecule has 1 heterocycles. The average Bonchev–Trinajstić information content (AvgIpc) is 2.81. The largest absolute Gasteiger partial charge is 0.241 e. The molecule has 1 aromatic heterocycles. The lowest BCUT2D eigenvalue weighted by Crippen LogP contribution is -1.86. The zero-order valence-electron chi connectivity index (χ0n) is 7.56. The van der Waals surface area contributed by atoms with Crippen molar-refractivity contribution in [2.24, 2.45) is 0 Å². The van der Waals surface area contributed by atoms with Gasteiger partial charge < -0.3 is 0 Å². The molecule has 4 heteroatoms. The predicted octanol–water partition coefficient (Wildman–Crippen LogP) is 2.35. The zero-order valence-corrected chi connectivity index (χ0v) is 8.38. The van der Waals surface area contributed by atoms with Gasteiger partial charge >= 0.3 is 0 Å². The molecule has 0 spiro atoms. The van der Waals surface area contributed by atoms with Crippen LogP contribution in [0.2, 0.25) is 0 Å². The number of thiazole rings is 1. The van der Waals surface area contributed by atoms with Crippen LogP contribution in [0.4, 0.5) is 0 Å². The molecule has 0 aliphatic rings. The maximum atomic E-state index is 8.95. The number of aromatic nitrogens is 1. The molecule has 2 rings (SSSR count). The van der Waals surface area contributed by atoms with Gasteiger partial charge in [0.2, 0.25) is 0 Å². The van der Waals surface area contributed by atoms with Gasteiger partial charge in [-0.3, -0.25) is 0 Å². The van der Waals surface area contributed by atoms with Gasteiger partial charge in [0.25, 0.3) is 0 Å². The third kappa shape index (κ3) is 1.59. The molecular weight excluding hydrogens is 206 g/mol. The Bertz CT molecular complexity index is 526. The van der Waals surface area contributed by atoms with Gasteiger partial charge in [-0.25, -0.2) is 4.98 Å². The number of rotatable bonds is 1. The van der Waals surface area contributed by atoms with Crippen LogP contribution in [0.1, 0.15) is 11.1 Å². The molecular formula is C11H4N3S. The second-order valence-corrected chi connectivity index (χ2v) is 3.59. The Morgan fingerprint density at radius 1 is 1.20 bits per heavy atom. The number of nitriles is 2. The van der Waals surface area contributed by atoms with Crippen LogP contribution in [-0.4, -0.2) is 4.98 Å². The van der Waals surface area contributed by atoms with Crippen LogP contribution in [0.15, 0.2) is 24.4 Å². The van der Waals surface area contributed by atoms with E-state index < -0.39 is 0 Å². The van der Waals surface area contributed by atoms with E-state index in [-0.39, 0.29) is 0 Å². The quantitative estimate of drug-likeness (QED) is 0.725. The van der Waals surface area contributed by atoms with E-state index in [9.17, 15) is 0 Å². The molecule has 0 saturated carbocycles. The minimum atomic E-state index is 0.492. The third-order valence-corrected chi connectivity index (χ3v) is 2.67. The highest BCUT2D eigenvalue weighted by molar-refractivity contribution is 7.12. The first-order valence-corrected chi connectivity index (χ1v) is 4.94. The summed E-state index contributed by atoms with van der Waals surface area (Å²) in [7, 11) is 0. The summed E-state index contributed by atoms with van der Waals surface area (Å²) in [6, 6.07) is 9.23. The molecule has 2 aromatic rings. The summed E-state index contributed by atoms with van der Waals surface area (Å²) < 4.78 is 0. The maximum absolute atomic E-state index is 8.95. The number of hydrogen-bond donors (Lipinski definition) is 0. The number of hydrogen-bond acceptors (Lipinski definition) is 4. The summed E-state index contributed by atoms with van der Waals surface area (Å²) in [6.07, 6.45) is 1.61. The molecule has 0 aliphatic carbocycles. The van der Waals surface area contributed by atoms with E-state index >= 15 is 0 Å². The summed E-state index contributed by atoms with van der Waals surface area (Å²) >= 11 is 1.30. The van der Waals surface area contributed by atoms with Crippen LogP contribution in [0, 0.1) is 28.2 Å². The molecule has 0 bridgehead atoms. The monoisotopic (exact) mass is 210 g/mol. The molecule has 0 amide bonds. The van der Waals surface area contributed by atoms with Crippen molar-refractivity contribution >= 4 is 11.3 Å². The fourth-order valence-electron chi connectivity index (χ4n) is 1.31. The van der Waals surface area contributed by atoms with Gasteiger partial charge in [-0.2, -0.15) is 10.5 Å². The van der Waals surface area contributed by atoms with E-state index in [0.717, 1.165) is 4.88 Å². The fourth-order valence-corrected chi connectivity index (χ4v) is 1.94. The summed E-state index contributed by atoms with van der Waals surface area (Å²) in [6.45, 7) is 0. The smallest absolute Gasteiger partial charge is 0.152 e. The second kappa shape index (κ2) is 3.91. The molecule has 0 aliphatic heterocycles. The first-order valence-electron chi connectivity index (χ1n) is 4.12. The SMILES string of the molecule is N#Cc1cccc(C#N)c1-c1cn[c]s1. The van der Waals surface area contributed by atoms with Crippen molar-refractivity contribution in [1.29, 1.82) is 10.5 Å². The van der Waals surface area contributed by atoms with Crippen molar-refractivity contribution in [3.63, 3.8) is 0 Å². The van der Waals surface area contributed by atoms with Gasteiger partial charge in [-0.1, -0.05) is 6.07 Å². The van der Waals surface area contributed by atoms with E-state index in [2.05, 4.69) is 22.6 Å². The van der Waals surface area contributed by atoms with Crippen LogP contribution < -0.4 is 0 Å². The molecule has 69 valence electrons. The van der Waals surface area contributed by atoms with Crippen LogP contribution in [0.5, 0.6) is 0 Å². The molecule has 0 saturated heterocycles. The van der Waals surface area contributed by atoms with E-state index in [1.54, 1.807) is 24.4 Å². The molecule has 0 unspecified atom stereocenters. The average molecular weight is 210 g/mol. The number of benzene rings is 1. The van der Waals surface area contributed by atoms with E-state index in [1.807, 2.05) is 0 Å². The molecule has 1 aromatic carbocycles. The highest BCUT2D eigenvalue weighted by atomic mass is 32.1. The predicted molar refractivity (Wildman–Crippen MR) is 55.8 cm³/mol. The Morgan fingerprint density at radius 3 is 2.33 bits per heavy atom. The van der Waals surface area contributed by atoms with E-state index in [4.69, 9.17) is 10.5 Å². The minimum absolute atomic E-state index is 0.492. The lowest BCUT2D eigenvalue weighted by Gasteiger charge is -2.01. The molecule has 3 nitrogen and oxygen atoms in total. The summed E-state index contributed by atoms with van der Waals surface area (Å²) in [5.41, 5.74) is 4.34. The standard InChI is InChI=1S/C11H4N3S/c12-4-8-2-1-3-9(5-13)11(8)10-6-14-7-15-10/h1-3,6H. The van der Waals surface area contributed by atoms with Gasteiger partial charge in [0.15, 0.2) is 5.51 Å². The van der Waals surface area contributed by atoms with Crippen LogP contribution in [-0.2, 0) is 0 Å². The lowest BCUT2D eigenvalue weighted by atomic mass is 10.0. The molecule has 0 fully saturated rings. The third-order valence-electron chi connectivity index (χ3n) is 1.94. The van der Waals surface area contributed by atoms with Gasteiger partial charge in [-0.15, -0.1) is 11.3 Å². The Morgan fingerprint density at radius 2 is 1.87 bits per heavy atom. The summed E-state index contributed by atoms with van der Waals surface area (Å²) in [5.74, 6) is 0. The normalized spacial score (nSPS) is 9.20. The van der Waals surface area contributed by atoms with Crippen molar-refractivity contribution in [1.82, 2.24) is 4.98 Å². The summed E-state index contributed by atoms with van der Waals surface area (Å²) in [4.78, 5) is 4.62. The van der Waals surface area contributed by atoms with Crippen molar-refractivity contribution in [3.8, 4) is 22.6 Å². The molecule has 0 N–H and O–H groups in total. The highest BCUT2D eigenvalue weighted by Crippen LogP contribution is 2.29. The van der Waals surface area contributed by atoms with E-state index in [0.29, 0.717) is 16.7 Å². The molecule has 15 heavy (non-hydrogen) atoms. The van der Waals surface area contributed by atoms with Gasteiger partial charge in [0.1, 0.15) is 0 Å². The van der Waals surface area contributed by atoms with Gasteiger partial charge in [0.05, 0.1) is 28.1 Å². The van der Waals surface area contributed by atoms with Crippen LogP contribution in [0.25, 0.3) is 10.4 Å². The van der Waals surface area contributed by atoms with Crippen molar-refractivity contribution < 1.29 is 0 Å². The van der Waals surface area contributed by atoms with Crippen molar-refractivity contribution in [2.45, 2.75) is 0 Å². The summed E-state index contributed by atoms with van der Waals surface area (Å²) in [5, 5.41) is 17.9. The molecule has 0 atom stereocenters. The maximum Gasteiger partial charge on any atom is 0.152 e. The minimum Gasteiger partial charge on any atom is -0.241 e. The topological polar surface area (TPSA) is 60.5 Å².